The summed E-state index contributed by atoms with van der Waals surface area (Å²) in [4.78, 5) is 13.8. The summed E-state index contributed by atoms with van der Waals surface area (Å²) in [5.74, 6) is -0.126. The molecule has 2 aliphatic heterocycles. The van der Waals surface area contributed by atoms with Crippen LogP contribution < -0.4 is 10.2 Å². The molecule has 1 N–H and O–H groups in total. The Morgan fingerprint density at radius 3 is 3.16 bits per heavy atom. The van der Waals surface area contributed by atoms with Gasteiger partial charge in [0, 0.05) is 38.3 Å². The summed E-state index contributed by atoms with van der Waals surface area (Å²) in [5, 5.41) is 3.46. The van der Waals surface area contributed by atoms with Gasteiger partial charge in [-0.1, -0.05) is 12.1 Å². The van der Waals surface area contributed by atoms with Crippen LogP contribution >= 0.6 is 0 Å². The van der Waals surface area contributed by atoms with Crippen molar-refractivity contribution in [2.75, 3.05) is 31.6 Å². The minimum atomic E-state index is -0.126. The average molecular weight is 260 g/mol. The van der Waals surface area contributed by atoms with Crippen LogP contribution in [0, 0.1) is 0 Å². The van der Waals surface area contributed by atoms with Crippen molar-refractivity contribution >= 4 is 11.7 Å². The number of esters is 1. The van der Waals surface area contributed by atoms with E-state index in [0.29, 0.717) is 6.42 Å². The zero-order valence-corrected chi connectivity index (χ0v) is 11.4. The number of hydrogen-bond donors (Lipinski definition) is 1. The van der Waals surface area contributed by atoms with Crippen molar-refractivity contribution in [3.63, 3.8) is 0 Å². The molecule has 4 nitrogen and oxygen atoms in total. The lowest BCUT2D eigenvalue weighted by atomic mass is 9.97. The van der Waals surface area contributed by atoms with E-state index in [2.05, 4.69) is 22.3 Å². The standard InChI is InChI=1S/C15H20N2O2/c1-19-14(18)5-4-11-2-3-12-10-16-7-9-17-8-6-13(11)15(12)17/h2-3,16H,4-10H2,1H3. The van der Waals surface area contributed by atoms with Crippen molar-refractivity contribution in [2.45, 2.75) is 25.8 Å². The number of rotatable bonds is 3. The van der Waals surface area contributed by atoms with Crippen LogP contribution in [0.1, 0.15) is 23.1 Å². The van der Waals surface area contributed by atoms with Gasteiger partial charge >= 0.3 is 5.97 Å². The SMILES string of the molecule is COC(=O)CCc1ccc2c3c1CCN3CCNC2. The summed E-state index contributed by atoms with van der Waals surface area (Å²) in [5.41, 5.74) is 5.58. The van der Waals surface area contributed by atoms with Crippen LogP contribution in [0.15, 0.2) is 12.1 Å². The maximum atomic E-state index is 11.3. The topological polar surface area (TPSA) is 41.6 Å². The highest BCUT2D eigenvalue weighted by atomic mass is 16.5. The Hall–Kier alpha value is -1.55. The second-order valence-electron chi connectivity index (χ2n) is 5.20. The number of anilines is 1. The van der Waals surface area contributed by atoms with Gasteiger partial charge in [0.05, 0.1) is 7.11 Å². The number of nitrogens with zero attached hydrogens (tertiary/aromatic N) is 1. The van der Waals surface area contributed by atoms with Gasteiger partial charge in [-0.05, 0) is 29.5 Å². The number of nitrogens with one attached hydrogen (secondary N) is 1. The Morgan fingerprint density at radius 2 is 2.32 bits per heavy atom. The zero-order valence-electron chi connectivity index (χ0n) is 11.4. The third kappa shape index (κ3) is 2.32. The van der Waals surface area contributed by atoms with E-state index in [0.717, 1.165) is 39.0 Å². The second-order valence-corrected chi connectivity index (χ2v) is 5.20. The van der Waals surface area contributed by atoms with Gasteiger partial charge in [-0.15, -0.1) is 0 Å². The smallest absolute Gasteiger partial charge is 0.305 e. The molecule has 0 aromatic heterocycles. The van der Waals surface area contributed by atoms with Crippen LogP contribution in [-0.4, -0.2) is 32.7 Å². The fraction of sp³-hybridized carbons (Fsp3) is 0.533. The summed E-state index contributed by atoms with van der Waals surface area (Å²) in [6.45, 7) is 4.20. The van der Waals surface area contributed by atoms with E-state index in [4.69, 9.17) is 4.74 Å². The molecule has 0 unspecified atom stereocenters. The highest BCUT2D eigenvalue weighted by Crippen LogP contribution is 2.35. The maximum Gasteiger partial charge on any atom is 0.305 e. The van der Waals surface area contributed by atoms with Gasteiger partial charge in [-0.25, -0.2) is 0 Å². The predicted octanol–water partition coefficient (Wildman–Crippen LogP) is 1.26. The molecule has 0 radical (unpaired) electrons. The van der Waals surface area contributed by atoms with Crippen LogP contribution in [0.4, 0.5) is 5.69 Å². The van der Waals surface area contributed by atoms with Crippen LogP contribution in [0.3, 0.4) is 0 Å². The number of benzene rings is 1. The van der Waals surface area contributed by atoms with E-state index in [-0.39, 0.29) is 5.97 Å². The van der Waals surface area contributed by atoms with Crippen LogP contribution in [0.2, 0.25) is 0 Å². The van der Waals surface area contributed by atoms with Crippen molar-refractivity contribution in [1.82, 2.24) is 5.32 Å². The maximum absolute atomic E-state index is 11.3. The van der Waals surface area contributed by atoms with Crippen LogP contribution in [0.25, 0.3) is 0 Å². The Balaban J connectivity index is 1.88. The molecule has 19 heavy (non-hydrogen) atoms. The molecule has 0 spiro atoms. The summed E-state index contributed by atoms with van der Waals surface area (Å²) >= 11 is 0. The fourth-order valence-corrected chi connectivity index (χ4v) is 3.13. The molecule has 4 heteroatoms. The lowest BCUT2D eigenvalue weighted by Crippen LogP contribution is -2.27. The van der Waals surface area contributed by atoms with Gasteiger partial charge in [-0.2, -0.15) is 0 Å². The van der Waals surface area contributed by atoms with E-state index in [1.807, 2.05) is 0 Å². The van der Waals surface area contributed by atoms with E-state index in [9.17, 15) is 4.79 Å². The Bertz CT molecular complexity index is 499. The van der Waals surface area contributed by atoms with Gasteiger partial charge in [0.25, 0.3) is 0 Å². The van der Waals surface area contributed by atoms with Crippen LogP contribution in [0.5, 0.6) is 0 Å². The molecule has 0 saturated heterocycles. The molecule has 0 atom stereocenters. The molecule has 0 amide bonds. The summed E-state index contributed by atoms with van der Waals surface area (Å²) in [6.07, 6.45) is 2.37. The lowest BCUT2D eigenvalue weighted by Gasteiger charge is -2.19. The first-order chi connectivity index (χ1) is 9.29. The number of carbonyl (C=O) groups is 1. The molecule has 2 heterocycles. The molecule has 3 rings (SSSR count). The zero-order chi connectivity index (χ0) is 13.2. The van der Waals surface area contributed by atoms with Gasteiger partial charge in [0.2, 0.25) is 0 Å². The monoisotopic (exact) mass is 260 g/mol. The summed E-state index contributed by atoms with van der Waals surface area (Å²) < 4.78 is 4.73. The second kappa shape index (κ2) is 5.21. The molecule has 102 valence electrons. The van der Waals surface area contributed by atoms with E-state index in [1.54, 1.807) is 0 Å². The highest BCUT2D eigenvalue weighted by Gasteiger charge is 2.26. The predicted molar refractivity (Wildman–Crippen MR) is 74.4 cm³/mol. The number of methoxy groups -OCH3 is 1. The summed E-state index contributed by atoms with van der Waals surface area (Å²) in [7, 11) is 1.45. The Morgan fingerprint density at radius 1 is 1.42 bits per heavy atom. The van der Waals surface area contributed by atoms with Crippen LogP contribution in [-0.2, 0) is 28.9 Å². The third-order valence-electron chi connectivity index (χ3n) is 4.11. The van der Waals surface area contributed by atoms with Gasteiger partial charge in [-0.3, -0.25) is 4.79 Å². The molecule has 0 bridgehead atoms. The quantitative estimate of drug-likeness (QED) is 0.831. The largest absolute Gasteiger partial charge is 0.469 e. The fourth-order valence-electron chi connectivity index (χ4n) is 3.13. The summed E-state index contributed by atoms with van der Waals surface area (Å²) in [6, 6.07) is 4.40. The van der Waals surface area contributed by atoms with Crippen molar-refractivity contribution in [1.29, 1.82) is 0 Å². The first-order valence-corrected chi connectivity index (χ1v) is 6.95. The van der Waals surface area contributed by atoms with Crippen molar-refractivity contribution < 1.29 is 9.53 Å². The Kier molecular flexibility index (Phi) is 3.42. The van der Waals surface area contributed by atoms with Crippen molar-refractivity contribution in [3.05, 3.63) is 28.8 Å². The molecule has 0 saturated carbocycles. The van der Waals surface area contributed by atoms with E-state index < -0.39 is 0 Å². The van der Waals surface area contributed by atoms with E-state index >= 15 is 0 Å². The van der Waals surface area contributed by atoms with Gasteiger partial charge in [0.15, 0.2) is 0 Å². The first kappa shape index (κ1) is 12.5. The Labute approximate surface area is 113 Å². The average Bonchev–Trinajstić information content (AvgIpc) is 2.75. The molecule has 0 fully saturated rings. The minimum absolute atomic E-state index is 0.126. The number of aryl methyl sites for hydroxylation is 1. The number of ether oxygens (including phenoxy) is 1. The molecule has 0 aliphatic carbocycles. The van der Waals surface area contributed by atoms with Crippen molar-refractivity contribution in [2.24, 2.45) is 0 Å². The third-order valence-corrected chi connectivity index (χ3v) is 4.11. The number of hydrogen-bond acceptors (Lipinski definition) is 4. The molecule has 1 aromatic carbocycles. The highest BCUT2D eigenvalue weighted by molar-refractivity contribution is 5.71. The molecule has 2 aliphatic rings. The number of carbonyl (C=O) groups excluding carboxylic acids is 1. The lowest BCUT2D eigenvalue weighted by molar-refractivity contribution is -0.140. The van der Waals surface area contributed by atoms with E-state index in [1.165, 1.54) is 29.5 Å². The molecular formula is C15H20N2O2. The molecular weight excluding hydrogens is 240 g/mol. The molecule has 1 aromatic rings. The normalized spacial score (nSPS) is 17.0. The van der Waals surface area contributed by atoms with Gasteiger partial charge < -0.3 is 15.0 Å². The van der Waals surface area contributed by atoms with Gasteiger partial charge in [0.1, 0.15) is 0 Å². The first-order valence-electron chi connectivity index (χ1n) is 6.95. The minimum Gasteiger partial charge on any atom is -0.469 e. The van der Waals surface area contributed by atoms with Crippen molar-refractivity contribution in [3.8, 4) is 0 Å².